The van der Waals surface area contributed by atoms with E-state index in [1.165, 1.54) is 4.88 Å². The Labute approximate surface area is 121 Å². The molecule has 2 rings (SSSR count). The van der Waals surface area contributed by atoms with Gasteiger partial charge in [-0.05, 0) is 42.6 Å². The van der Waals surface area contributed by atoms with Crippen molar-refractivity contribution in [3.63, 3.8) is 0 Å². The van der Waals surface area contributed by atoms with E-state index in [1.54, 1.807) is 35.6 Å². The Kier molecular flexibility index (Phi) is 4.96. The number of anilines is 1. The molecule has 0 radical (unpaired) electrons. The largest absolute Gasteiger partial charge is 0.325 e. The quantitative estimate of drug-likeness (QED) is 0.883. The molecule has 0 spiro atoms. The number of benzene rings is 1. The van der Waals surface area contributed by atoms with E-state index < -0.39 is 0 Å². The van der Waals surface area contributed by atoms with Gasteiger partial charge in [0.25, 0.3) is 0 Å². The summed E-state index contributed by atoms with van der Waals surface area (Å²) in [5.41, 5.74) is 0.750. The molecule has 0 aliphatic heterocycles. The number of rotatable bonds is 5. The summed E-state index contributed by atoms with van der Waals surface area (Å²) < 4.78 is 0. The molecule has 1 atom stereocenters. The Balaban J connectivity index is 1.80. The smallest absolute Gasteiger partial charge is 0.238 e. The molecule has 100 valence electrons. The topological polar surface area (TPSA) is 41.1 Å². The van der Waals surface area contributed by atoms with Crippen LogP contribution < -0.4 is 10.6 Å². The fraction of sp³-hybridized carbons (Fsp3) is 0.214. The highest BCUT2D eigenvalue weighted by atomic mass is 35.5. The molecule has 1 heterocycles. The third-order valence-electron chi connectivity index (χ3n) is 2.67. The molecule has 0 bridgehead atoms. The van der Waals surface area contributed by atoms with Gasteiger partial charge in [-0.25, -0.2) is 0 Å². The molecule has 0 fully saturated rings. The van der Waals surface area contributed by atoms with Crippen LogP contribution in [0.25, 0.3) is 0 Å². The molecule has 2 aromatic rings. The van der Waals surface area contributed by atoms with Gasteiger partial charge in [0.1, 0.15) is 0 Å². The molecule has 5 heteroatoms. The van der Waals surface area contributed by atoms with Gasteiger partial charge in [-0.1, -0.05) is 17.7 Å². The molecule has 1 aromatic heterocycles. The van der Waals surface area contributed by atoms with Gasteiger partial charge in [0, 0.05) is 21.6 Å². The number of hydrogen-bond acceptors (Lipinski definition) is 3. The fourth-order valence-electron chi connectivity index (χ4n) is 1.62. The average molecular weight is 295 g/mol. The lowest BCUT2D eigenvalue weighted by molar-refractivity contribution is -0.115. The minimum atomic E-state index is -0.0641. The Bertz CT molecular complexity index is 525. The minimum Gasteiger partial charge on any atom is -0.325 e. The number of nitrogens with one attached hydrogen (secondary N) is 2. The number of carbonyl (C=O) groups excluding carboxylic acids is 1. The Morgan fingerprint density at radius 1 is 1.32 bits per heavy atom. The van der Waals surface area contributed by atoms with Gasteiger partial charge >= 0.3 is 0 Å². The van der Waals surface area contributed by atoms with Crippen LogP contribution in [0.5, 0.6) is 0 Å². The van der Waals surface area contributed by atoms with E-state index in [2.05, 4.69) is 16.7 Å². The standard InChI is InChI=1S/C14H15ClN2OS/c1-10(13-3-2-8-19-13)16-9-14(18)17-12-6-4-11(15)5-7-12/h2-8,10,16H,9H2,1H3,(H,17,18)/t10-/m1/s1. The second kappa shape index (κ2) is 6.70. The van der Waals surface area contributed by atoms with Crippen LogP contribution in [0.4, 0.5) is 5.69 Å². The highest BCUT2D eigenvalue weighted by molar-refractivity contribution is 7.10. The highest BCUT2D eigenvalue weighted by Gasteiger charge is 2.08. The monoisotopic (exact) mass is 294 g/mol. The number of hydrogen-bond donors (Lipinski definition) is 2. The maximum absolute atomic E-state index is 11.8. The first-order chi connectivity index (χ1) is 9.15. The van der Waals surface area contributed by atoms with Gasteiger partial charge in [0.05, 0.1) is 6.54 Å². The Hall–Kier alpha value is -1.36. The van der Waals surface area contributed by atoms with E-state index in [9.17, 15) is 4.79 Å². The SMILES string of the molecule is C[C@@H](NCC(=O)Nc1ccc(Cl)cc1)c1cccs1. The van der Waals surface area contributed by atoms with Crippen molar-refractivity contribution in [3.8, 4) is 0 Å². The van der Waals surface area contributed by atoms with Crippen LogP contribution in [-0.2, 0) is 4.79 Å². The van der Waals surface area contributed by atoms with Crippen molar-refractivity contribution in [3.05, 3.63) is 51.7 Å². The van der Waals surface area contributed by atoms with Gasteiger partial charge in [-0.2, -0.15) is 0 Å². The second-order valence-electron chi connectivity index (χ2n) is 4.17. The average Bonchev–Trinajstić information content (AvgIpc) is 2.93. The van der Waals surface area contributed by atoms with Crippen molar-refractivity contribution in [2.45, 2.75) is 13.0 Å². The molecule has 0 unspecified atom stereocenters. The summed E-state index contributed by atoms with van der Waals surface area (Å²) in [5, 5.41) is 8.69. The molecular weight excluding hydrogens is 280 g/mol. The van der Waals surface area contributed by atoms with Gasteiger partial charge in [-0.15, -0.1) is 11.3 Å². The summed E-state index contributed by atoms with van der Waals surface area (Å²) in [6.45, 7) is 2.32. The molecule has 1 aromatic carbocycles. The molecule has 3 nitrogen and oxygen atoms in total. The zero-order chi connectivity index (χ0) is 13.7. The third-order valence-corrected chi connectivity index (χ3v) is 3.97. The molecule has 0 saturated heterocycles. The van der Waals surface area contributed by atoms with E-state index in [-0.39, 0.29) is 18.5 Å². The van der Waals surface area contributed by atoms with E-state index in [0.717, 1.165) is 5.69 Å². The van der Waals surface area contributed by atoms with Crippen LogP contribution >= 0.6 is 22.9 Å². The number of thiophene rings is 1. The lowest BCUT2D eigenvalue weighted by atomic mass is 10.2. The third kappa shape index (κ3) is 4.35. The molecular formula is C14H15ClN2OS. The zero-order valence-corrected chi connectivity index (χ0v) is 12.1. The summed E-state index contributed by atoms with van der Waals surface area (Å²) in [5.74, 6) is -0.0641. The van der Waals surface area contributed by atoms with Crippen LogP contribution in [-0.4, -0.2) is 12.5 Å². The predicted molar refractivity (Wildman–Crippen MR) is 80.8 cm³/mol. The fourth-order valence-corrected chi connectivity index (χ4v) is 2.51. The summed E-state index contributed by atoms with van der Waals surface area (Å²) in [4.78, 5) is 13.0. The first-order valence-corrected chi connectivity index (χ1v) is 7.23. The summed E-state index contributed by atoms with van der Waals surface area (Å²) in [7, 11) is 0. The van der Waals surface area contributed by atoms with Crippen LogP contribution in [0.3, 0.4) is 0 Å². The Morgan fingerprint density at radius 2 is 2.05 bits per heavy atom. The van der Waals surface area contributed by atoms with Gasteiger partial charge in [-0.3, -0.25) is 4.79 Å². The van der Waals surface area contributed by atoms with Crippen molar-refractivity contribution in [2.24, 2.45) is 0 Å². The zero-order valence-electron chi connectivity index (χ0n) is 10.5. The Morgan fingerprint density at radius 3 is 2.68 bits per heavy atom. The van der Waals surface area contributed by atoms with Crippen LogP contribution in [0.1, 0.15) is 17.8 Å². The van der Waals surface area contributed by atoms with E-state index in [4.69, 9.17) is 11.6 Å². The maximum atomic E-state index is 11.8. The van der Waals surface area contributed by atoms with Gasteiger partial charge < -0.3 is 10.6 Å². The van der Waals surface area contributed by atoms with Crippen molar-refractivity contribution in [2.75, 3.05) is 11.9 Å². The first-order valence-electron chi connectivity index (χ1n) is 5.97. The second-order valence-corrected chi connectivity index (χ2v) is 5.59. The molecule has 0 aliphatic rings. The molecule has 2 N–H and O–H groups in total. The molecule has 0 aliphatic carbocycles. The lowest BCUT2D eigenvalue weighted by Gasteiger charge is -2.12. The van der Waals surface area contributed by atoms with Crippen LogP contribution in [0.2, 0.25) is 5.02 Å². The van der Waals surface area contributed by atoms with Gasteiger partial charge in [0.2, 0.25) is 5.91 Å². The summed E-state index contributed by atoms with van der Waals surface area (Å²) in [6, 6.07) is 11.3. The van der Waals surface area contributed by atoms with Crippen LogP contribution in [0, 0.1) is 0 Å². The highest BCUT2D eigenvalue weighted by Crippen LogP contribution is 2.18. The number of amides is 1. The predicted octanol–water partition coefficient (Wildman–Crippen LogP) is 3.69. The first kappa shape index (κ1) is 14.1. The minimum absolute atomic E-state index is 0.0641. The van der Waals surface area contributed by atoms with Crippen molar-refractivity contribution >= 4 is 34.5 Å². The number of halogens is 1. The van der Waals surface area contributed by atoms with E-state index in [0.29, 0.717) is 5.02 Å². The van der Waals surface area contributed by atoms with E-state index in [1.807, 2.05) is 18.4 Å². The maximum Gasteiger partial charge on any atom is 0.238 e. The lowest BCUT2D eigenvalue weighted by Crippen LogP contribution is -2.29. The van der Waals surface area contributed by atoms with Crippen LogP contribution in [0.15, 0.2) is 41.8 Å². The van der Waals surface area contributed by atoms with Crippen molar-refractivity contribution in [1.29, 1.82) is 0 Å². The van der Waals surface area contributed by atoms with Gasteiger partial charge in [0.15, 0.2) is 0 Å². The molecule has 19 heavy (non-hydrogen) atoms. The van der Waals surface area contributed by atoms with E-state index >= 15 is 0 Å². The summed E-state index contributed by atoms with van der Waals surface area (Å²) in [6.07, 6.45) is 0. The number of carbonyl (C=O) groups is 1. The molecule has 0 saturated carbocycles. The van der Waals surface area contributed by atoms with Crippen molar-refractivity contribution < 1.29 is 4.79 Å². The van der Waals surface area contributed by atoms with Crippen molar-refractivity contribution in [1.82, 2.24) is 5.32 Å². The normalized spacial score (nSPS) is 12.1. The molecule has 1 amide bonds. The summed E-state index contributed by atoms with van der Waals surface area (Å²) >= 11 is 7.46.